The van der Waals surface area contributed by atoms with E-state index >= 15 is 0 Å². The number of hydrogen-bond acceptors (Lipinski definition) is 4. The molecule has 6 heteroatoms. The number of nitrogens with zero attached hydrogens (tertiary/aromatic N) is 3. The van der Waals surface area contributed by atoms with Crippen LogP contribution >= 0.6 is 15.9 Å². The van der Waals surface area contributed by atoms with Gasteiger partial charge >= 0.3 is 5.97 Å². The number of halogens is 1. The monoisotopic (exact) mass is 279 g/mol. The number of carboxylic acids is 1. The van der Waals surface area contributed by atoms with Gasteiger partial charge in [0.1, 0.15) is 5.69 Å². The Morgan fingerprint density at radius 3 is 2.75 bits per heavy atom. The number of carbonyl (C=O) groups is 1. The van der Waals surface area contributed by atoms with Gasteiger partial charge in [-0.05, 0) is 28.1 Å². The maximum Gasteiger partial charge on any atom is 0.355 e. The van der Waals surface area contributed by atoms with Gasteiger partial charge in [0.2, 0.25) is 0 Å². The van der Waals surface area contributed by atoms with Crippen molar-refractivity contribution in [2.24, 2.45) is 0 Å². The largest absolute Gasteiger partial charge is 0.476 e. The van der Waals surface area contributed by atoms with Crippen LogP contribution in [0, 0.1) is 0 Å². The van der Waals surface area contributed by atoms with Crippen LogP contribution < -0.4 is 0 Å². The molecule has 5 nitrogen and oxygen atoms in total. The van der Waals surface area contributed by atoms with Crippen LogP contribution in [-0.4, -0.2) is 26.0 Å². The van der Waals surface area contributed by atoms with E-state index < -0.39 is 5.97 Å². The number of aromatic carboxylic acids is 1. The van der Waals surface area contributed by atoms with Gasteiger partial charge in [0.15, 0.2) is 11.5 Å². The standard InChI is InChI=1S/C10H6BrN3O2/c11-6-5-13-9(14-8(6)10(15)16)7-3-1-2-4-12-7/h1-5H,(H,15,16). The molecular weight excluding hydrogens is 274 g/mol. The van der Waals surface area contributed by atoms with E-state index in [2.05, 4.69) is 30.9 Å². The third kappa shape index (κ3) is 2.06. The minimum atomic E-state index is -1.11. The summed E-state index contributed by atoms with van der Waals surface area (Å²) in [5, 5.41) is 8.90. The molecule has 2 heterocycles. The van der Waals surface area contributed by atoms with Crippen LogP contribution in [0.25, 0.3) is 11.5 Å². The van der Waals surface area contributed by atoms with E-state index in [1.54, 1.807) is 24.4 Å². The number of aromatic nitrogens is 3. The topological polar surface area (TPSA) is 76.0 Å². The van der Waals surface area contributed by atoms with E-state index in [0.29, 0.717) is 16.0 Å². The van der Waals surface area contributed by atoms with Crippen molar-refractivity contribution in [1.82, 2.24) is 15.0 Å². The number of carboxylic acid groups (broad SMARTS) is 1. The second kappa shape index (κ2) is 4.36. The van der Waals surface area contributed by atoms with E-state index in [0.717, 1.165) is 0 Å². The zero-order chi connectivity index (χ0) is 11.5. The highest BCUT2D eigenvalue weighted by atomic mass is 79.9. The molecule has 2 rings (SSSR count). The van der Waals surface area contributed by atoms with E-state index in [4.69, 9.17) is 5.11 Å². The summed E-state index contributed by atoms with van der Waals surface area (Å²) < 4.78 is 0.347. The lowest BCUT2D eigenvalue weighted by atomic mass is 10.3. The van der Waals surface area contributed by atoms with Crippen molar-refractivity contribution in [3.8, 4) is 11.5 Å². The molecule has 0 fully saturated rings. The SMILES string of the molecule is O=C(O)c1nc(-c2ccccn2)ncc1Br. The first-order valence-electron chi connectivity index (χ1n) is 4.35. The predicted octanol–water partition coefficient (Wildman–Crippen LogP) is 2.00. The minimum Gasteiger partial charge on any atom is -0.476 e. The Balaban J connectivity index is 2.52. The fourth-order valence-corrected chi connectivity index (χ4v) is 1.50. The highest BCUT2D eigenvalue weighted by molar-refractivity contribution is 9.10. The molecule has 0 aliphatic heterocycles. The molecule has 0 bridgehead atoms. The highest BCUT2D eigenvalue weighted by Gasteiger charge is 2.13. The first-order valence-corrected chi connectivity index (χ1v) is 5.15. The molecule has 0 spiro atoms. The predicted molar refractivity (Wildman–Crippen MR) is 59.9 cm³/mol. The van der Waals surface area contributed by atoms with E-state index in [-0.39, 0.29) is 5.69 Å². The lowest BCUT2D eigenvalue weighted by Crippen LogP contribution is -2.04. The van der Waals surface area contributed by atoms with Crippen molar-refractivity contribution in [2.45, 2.75) is 0 Å². The smallest absolute Gasteiger partial charge is 0.355 e. The zero-order valence-corrected chi connectivity index (χ0v) is 9.55. The van der Waals surface area contributed by atoms with Crippen molar-refractivity contribution in [3.63, 3.8) is 0 Å². The minimum absolute atomic E-state index is 0.0735. The molecule has 0 saturated heterocycles. The van der Waals surface area contributed by atoms with Crippen LogP contribution in [0.2, 0.25) is 0 Å². The molecule has 0 aliphatic rings. The van der Waals surface area contributed by atoms with Crippen molar-refractivity contribution in [2.75, 3.05) is 0 Å². The van der Waals surface area contributed by atoms with Gasteiger partial charge in [-0.2, -0.15) is 0 Å². The first kappa shape index (κ1) is 10.7. The molecule has 1 N–H and O–H groups in total. The van der Waals surface area contributed by atoms with E-state index in [1.807, 2.05) is 0 Å². The van der Waals surface area contributed by atoms with Crippen LogP contribution in [0.15, 0.2) is 35.1 Å². The molecule has 0 amide bonds. The first-order chi connectivity index (χ1) is 7.68. The quantitative estimate of drug-likeness (QED) is 0.910. The molecule has 2 aromatic rings. The van der Waals surface area contributed by atoms with E-state index in [1.165, 1.54) is 6.20 Å². The average molecular weight is 280 g/mol. The van der Waals surface area contributed by atoms with Gasteiger partial charge in [-0.1, -0.05) is 6.07 Å². The zero-order valence-electron chi connectivity index (χ0n) is 7.96. The van der Waals surface area contributed by atoms with Gasteiger partial charge in [-0.25, -0.2) is 14.8 Å². The summed E-state index contributed by atoms with van der Waals surface area (Å²) >= 11 is 3.08. The molecule has 0 aliphatic carbocycles. The lowest BCUT2D eigenvalue weighted by molar-refractivity contribution is 0.0689. The normalized spacial score (nSPS) is 10.1. The molecule has 80 valence electrons. The Kier molecular flexibility index (Phi) is 2.91. The van der Waals surface area contributed by atoms with Crippen LogP contribution in [0.4, 0.5) is 0 Å². The van der Waals surface area contributed by atoms with Gasteiger partial charge in [0.05, 0.1) is 4.47 Å². The molecule has 0 atom stereocenters. The Morgan fingerprint density at radius 2 is 2.12 bits per heavy atom. The van der Waals surface area contributed by atoms with Crippen molar-refractivity contribution in [1.29, 1.82) is 0 Å². The molecule has 0 saturated carbocycles. The Bertz CT molecular complexity index is 531. The summed E-state index contributed by atoms with van der Waals surface area (Å²) in [7, 11) is 0. The summed E-state index contributed by atoms with van der Waals surface area (Å²) in [6, 6.07) is 5.27. The van der Waals surface area contributed by atoms with Crippen LogP contribution in [-0.2, 0) is 0 Å². The molecule has 0 radical (unpaired) electrons. The van der Waals surface area contributed by atoms with Gasteiger partial charge in [-0.3, -0.25) is 4.98 Å². The molecule has 2 aromatic heterocycles. The van der Waals surface area contributed by atoms with Gasteiger partial charge in [0, 0.05) is 12.4 Å². The Morgan fingerprint density at radius 1 is 1.31 bits per heavy atom. The van der Waals surface area contributed by atoms with Crippen LogP contribution in [0.5, 0.6) is 0 Å². The lowest BCUT2D eigenvalue weighted by Gasteiger charge is -2.01. The summed E-state index contributed by atoms with van der Waals surface area (Å²) in [5.74, 6) is -0.812. The third-order valence-electron chi connectivity index (χ3n) is 1.84. The maximum atomic E-state index is 10.9. The summed E-state index contributed by atoms with van der Waals surface area (Å²) in [5.41, 5.74) is 0.466. The summed E-state index contributed by atoms with van der Waals surface area (Å²) in [6.07, 6.45) is 3.00. The molecule has 16 heavy (non-hydrogen) atoms. The van der Waals surface area contributed by atoms with Gasteiger partial charge in [-0.15, -0.1) is 0 Å². The van der Waals surface area contributed by atoms with Crippen molar-refractivity contribution < 1.29 is 9.90 Å². The Hall–Kier alpha value is -1.82. The number of hydrogen-bond donors (Lipinski definition) is 1. The second-order valence-electron chi connectivity index (χ2n) is 2.91. The fourth-order valence-electron chi connectivity index (χ4n) is 1.14. The second-order valence-corrected chi connectivity index (χ2v) is 3.76. The van der Waals surface area contributed by atoms with E-state index in [9.17, 15) is 4.79 Å². The number of rotatable bonds is 2. The maximum absolute atomic E-state index is 10.9. The molecular formula is C10H6BrN3O2. The van der Waals surface area contributed by atoms with Gasteiger partial charge in [0.25, 0.3) is 0 Å². The molecule has 0 unspecified atom stereocenters. The van der Waals surface area contributed by atoms with Crippen molar-refractivity contribution >= 4 is 21.9 Å². The third-order valence-corrected chi connectivity index (χ3v) is 2.42. The van der Waals surface area contributed by atoms with Crippen LogP contribution in [0.1, 0.15) is 10.5 Å². The number of pyridine rings is 1. The Labute approximate surface area is 99.3 Å². The fraction of sp³-hybridized carbons (Fsp3) is 0. The molecule has 0 aromatic carbocycles. The van der Waals surface area contributed by atoms with Crippen molar-refractivity contribution in [3.05, 3.63) is 40.8 Å². The summed E-state index contributed by atoms with van der Waals surface area (Å²) in [4.78, 5) is 22.8. The van der Waals surface area contributed by atoms with Crippen LogP contribution in [0.3, 0.4) is 0 Å². The van der Waals surface area contributed by atoms with Gasteiger partial charge < -0.3 is 5.11 Å². The highest BCUT2D eigenvalue weighted by Crippen LogP contribution is 2.17. The average Bonchev–Trinajstić information content (AvgIpc) is 2.30. The summed E-state index contributed by atoms with van der Waals surface area (Å²) in [6.45, 7) is 0.